The Balaban J connectivity index is -0.0000000886. The zero-order valence-electron chi connectivity index (χ0n) is 8.13. The molecule has 72 valence electrons. The maximum Gasteiger partial charge on any atom is 0.0662 e. The number of aliphatic hydroxyl groups excluding tert-OH is 2. The van der Waals surface area contributed by atoms with Crippen molar-refractivity contribution in [1.29, 1.82) is 0 Å². The van der Waals surface area contributed by atoms with Crippen LogP contribution in [0.4, 0.5) is 0 Å². The van der Waals surface area contributed by atoms with Crippen LogP contribution < -0.4 is 0 Å². The molecule has 0 fully saturated rings. The highest BCUT2D eigenvalue weighted by Crippen LogP contribution is 1.76. The molecular formula is C8H22O3. The maximum atomic E-state index is 7.62. The van der Waals surface area contributed by atoms with Gasteiger partial charge < -0.3 is 14.9 Å². The molecule has 0 amide bonds. The van der Waals surface area contributed by atoms with Crippen molar-refractivity contribution in [2.45, 2.75) is 26.7 Å². The second-order valence-corrected chi connectivity index (χ2v) is 1.86. The van der Waals surface area contributed by atoms with E-state index in [0.717, 1.165) is 0 Å². The summed E-state index contributed by atoms with van der Waals surface area (Å²) in [7, 11) is 3.25. The summed E-state index contributed by atoms with van der Waals surface area (Å²) in [5.41, 5.74) is 0. The monoisotopic (exact) mass is 166 g/mol. The molecule has 0 aromatic carbocycles. The van der Waals surface area contributed by atoms with Gasteiger partial charge >= 0.3 is 0 Å². The molecule has 0 saturated heterocycles. The average Bonchev–Trinajstić information content (AvgIpc) is 2.06. The van der Waals surface area contributed by atoms with Gasteiger partial charge in [0.2, 0.25) is 0 Å². The summed E-state index contributed by atoms with van der Waals surface area (Å²) in [5, 5.41) is 15.2. The van der Waals surface area contributed by atoms with Crippen LogP contribution >= 0.6 is 0 Å². The van der Waals surface area contributed by atoms with Gasteiger partial charge in [-0.15, -0.1) is 0 Å². The van der Waals surface area contributed by atoms with Crippen molar-refractivity contribution < 1.29 is 14.9 Å². The Bertz CT molecular complexity index is 24.5. The number of aliphatic hydroxyl groups is 2. The molecule has 0 aromatic heterocycles. The van der Waals surface area contributed by atoms with Crippen LogP contribution in [0, 0.1) is 0 Å². The van der Waals surface area contributed by atoms with Crippen LogP contribution in [0.5, 0.6) is 0 Å². The van der Waals surface area contributed by atoms with Crippen LogP contribution in [0.3, 0.4) is 0 Å². The molecule has 0 aliphatic heterocycles. The summed E-state index contributed by atoms with van der Waals surface area (Å²) < 4.78 is 4.25. The van der Waals surface area contributed by atoms with Crippen LogP contribution in [0.25, 0.3) is 0 Å². The SMILES string of the molecule is CCCC.COC.OCCO. The lowest BCUT2D eigenvalue weighted by molar-refractivity contribution is 0.186. The fourth-order valence-corrected chi connectivity index (χ4v) is 0. The van der Waals surface area contributed by atoms with Crippen molar-refractivity contribution in [3.05, 3.63) is 0 Å². The molecule has 0 saturated carbocycles. The predicted molar refractivity (Wildman–Crippen MR) is 47.7 cm³/mol. The topological polar surface area (TPSA) is 49.7 Å². The normalized spacial score (nSPS) is 7.09. The Morgan fingerprint density at radius 3 is 1.09 bits per heavy atom. The summed E-state index contributed by atoms with van der Waals surface area (Å²) in [5.74, 6) is 0. The minimum absolute atomic E-state index is 0.125. The molecule has 0 heterocycles. The number of ether oxygens (including phenoxy) is 1. The van der Waals surface area contributed by atoms with Crippen molar-refractivity contribution in [3.63, 3.8) is 0 Å². The molecule has 0 spiro atoms. The van der Waals surface area contributed by atoms with Crippen molar-refractivity contribution in [2.24, 2.45) is 0 Å². The first-order valence-corrected chi connectivity index (χ1v) is 3.86. The molecule has 3 nitrogen and oxygen atoms in total. The molecular weight excluding hydrogens is 144 g/mol. The highest BCUT2D eigenvalue weighted by Gasteiger charge is 1.58. The first-order chi connectivity index (χ1) is 5.24. The van der Waals surface area contributed by atoms with Gasteiger partial charge in [0, 0.05) is 14.2 Å². The molecule has 2 N–H and O–H groups in total. The number of rotatable bonds is 2. The summed E-state index contributed by atoms with van der Waals surface area (Å²) in [6, 6.07) is 0. The highest BCUT2D eigenvalue weighted by molar-refractivity contribution is 4.12. The smallest absolute Gasteiger partial charge is 0.0662 e. The Hall–Kier alpha value is -0.120. The largest absolute Gasteiger partial charge is 0.394 e. The van der Waals surface area contributed by atoms with E-state index in [2.05, 4.69) is 18.6 Å². The second kappa shape index (κ2) is 32.7. The van der Waals surface area contributed by atoms with Crippen LogP contribution in [-0.2, 0) is 4.74 Å². The van der Waals surface area contributed by atoms with Gasteiger partial charge in [-0.1, -0.05) is 26.7 Å². The predicted octanol–water partition coefficient (Wildman–Crippen LogP) is 1.04. The fourth-order valence-electron chi connectivity index (χ4n) is 0. The van der Waals surface area contributed by atoms with Crippen LogP contribution in [0.1, 0.15) is 26.7 Å². The molecule has 0 radical (unpaired) electrons. The number of hydrogen-bond donors (Lipinski definition) is 2. The van der Waals surface area contributed by atoms with Gasteiger partial charge in [-0.2, -0.15) is 0 Å². The van der Waals surface area contributed by atoms with E-state index >= 15 is 0 Å². The van der Waals surface area contributed by atoms with E-state index in [1.807, 2.05) is 0 Å². The van der Waals surface area contributed by atoms with E-state index in [0.29, 0.717) is 0 Å². The lowest BCUT2D eigenvalue weighted by Crippen LogP contribution is -1.85. The third-order valence-corrected chi connectivity index (χ3v) is 0.600. The van der Waals surface area contributed by atoms with Crippen molar-refractivity contribution in [3.8, 4) is 0 Å². The maximum absolute atomic E-state index is 7.62. The van der Waals surface area contributed by atoms with E-state index in [1.165, 1.54) is 12.8 Å². The first kappa shape index (κ1) is 17.1. The minimum atomic E-state index is -0.125. The molecule has 0 aliphatic carbocycles. The van der Waals surface area contributed by atoms with Crippen LogP contribution in [0.15, 0.2) is 0 Å². The first-order valence-electron chi connectivity index (χ1n) is 3.86. The number of unbranched alkanes of at least 4 members (excludes halogenated alkanes) is 1. The van der Waals surface area contributed by atoms with Crippen molar-refractivity contribution in [1.82, 2.24) is 0 Å². The molecule has 0 atom stereocenters. The van der Waals surface area contributed by atoms with Gasteiger partial charge in [-0.3, -0.25) is 0 Å². The zero-order valence-corrected chi connectivity index (χ0v) is 8.13. The molecule has 11 heavy (non-hydrogen) atoms. The molecule has 3 heteroatoms. The number of hydrogen-bond acceptors (Lipinski definition) is 3. The molecule has 0 aromatic rings. The van der Waals surface area contributed by atoms with Crippen LogP contribution in [-0.4, -0.2) is 37.6 Å². The van der Waals surface area contributed by atoms with E-state index < -0.39 is 0 Å². The zero-order chi connectivity index (χ0) is 9.54. The Labute approximate surface area is 70.0 Å². The molecule has 0 rings (SSSR count). The molecule has 0 unspecified atom stereocenters. The van der Waals surface area contributed by atoms with Gasteiger partial charge in [0.1, 0.15) is 0 Å². The van der Waals surface area contributed by atoms with Gasteiger partial charge in [0.25, 0.3) is 0 Å². The lowest BCUT2D eigenvalue weighted by atomic mass is 10.4. The third-order valence-electron chi connectivity index (χ3n) is 0.600. The minimum Gasteiger partial charge on any atom is -0.394 e. The average molecular weight is 166 g/mol. The van der Waals surface area contributed by atoms with Gasteiger partial charge in [0.05, 0.1) is 13.2 Å². The Kier molecular flexibility index (Phi) is 50.9. The van der Waals surface area contributed by atoms with Crippen molar-refractivity contribution >= 4 is 0 Å². The molecule has 0 bridgehead atoms. The van der Waals surface area contributed by atoms with E-state index in [1.54, 1.807) is 14.2 Å². The van der Waals surface area contributed by atoms with E-state index in [4.69, 9.17) is 10.2 Å². The number of methoxy groups -OCH3 is 1. The summed E-state index contributed by atoms with van der Waals surface area (Å²) in [6.45, 7) is 4.11. The van der Waals surface area contributed by atoms with Gasteiger partial charge in [0.15, 0.2) is 0 Å². The standard InChI is InChI=1S/C4H10.C2H6O2.C2H6O/c1-3-4-2;3-1-2-4;1-3-2/h3-4H2,1-2H3;3-4H,1-2H2;1-2H3. The second-order valence-electron chi connectivity index (χ2n) is 1.86. The Morgan fingerprint density at radius 1 is 0.909 bits per heavy atom. The summed E-state index contributed by atoms with van der Waals surface area (Å²) >= 11 is 0. The van der Waals surface area contributed by atoms with E-state index in [9.17, 15) is 0 Å². The lowest BCUT2D eigenvalue weighted by Gasteiger charge is -1.70. The summed E-state index contributed by atoms with van der Waals surface area (Å²) in [6.07, 6.45) is 2.64. The quantitative estimate of drug-likeness (QED) is 0.644. The molecule has 0 aliphatic rings. The summed E-state index contributed by atoms with van der Waals surface area (Å²) in [4.78, 5) is 0. The van der Waals surface area contributed by atoms with Gasteiger partial charge in [-0.05, 0) is 0 Å². The fraction of sp³-hybridized carbons (Fsp3) is 1.00. The third kappa shape index (κ3) is 174. The van der Waals surface area contributed by atoms with E-state index in [-0.39, 0.29) is 13.2 Å². The van der Waals surface area contributed by atoms with Crippen molar-refractivity contribution in [2.75, 3.05) is 27.4 Å². The highest BCUT2D eigenvalue weighted by atomic mass is 16.4. The Morgan fingerprint density at radius 2 is 1.09 bits per heavy atom. The van der Waals surface area contributed by atoms with Crippen LogP contribution in [0.2, 0.25) is 0 Å². The van der Waals surface area contributed by atoms with Gasteiger partial charge in [-0.25, -0.2) is 0 Å².